The molecule has 4 aromatic carbocycles. The Bertz CT molecular complexity index is 1420. The molecule has 0 aromatic heterocycles. The van der Waals surface area contributed by atoms with Gasteiger partial charge in [0.25, 0.3) is 0 Å². The lowest BCUT2D eigenvalue weighted by atomic mass is 9.89. The Morgan fingerprint density at radius 2 is 0.694 bits per heavy atom. The predicted octanol–water partition coefficient (Wildman–Crippen LogP) is 7.63. The molecule has 0 bridgehead atoms. The van der Waals surface area contributed by atoms with Crippen molar-refractivity contribution in [3.05, 3.63) is 142 Å². The minimum atomic E-state index is -1.71. The molecule has 0 radical (unpaired) electrons. The zero-order valence-corrected chi connectivity index (χ0v) is 18.3. The van der Waals surface area contributed by atoms with Crippen LogP contribution in [0.1, 0.15) is 22.3 Å². The van der Waals surface area contributed by atoms with Gasteiger partial charge in [-0.3, -0.25) is 4.79 Å². The van der Waals surface area contributed by atoms with Crippen molar-refractivity contribution in [2.24, 2.45) is 0 Å². The summed E-state index contributed by atoms with van der Waals surface area (Å²) in [6.07, 6.45) is 0. The molecule has 0 atom stereocenters. The number of rotatable bonds is 4. The summed E-state index contributed by atoms with van der Waals surface area (Å²) >= 11 is 0. The zero-order chi connectivity index (χ0) is 25.6. The summed E-state index contributed by atoms with van der Waals surface area (Å²) in [5.41, 5.74) is 0.0686. The molecule has 5 rings (SSSR count). The number of carbonyl (C=O) groups excluding carboxylic acids is 1. The molecule has 0 N–H and O–H groups in total. The molecule has 1 nitrogen and oxygen atoms in total. The topological polar surface area (TPSA) is 17.1 Å². The third-order valence-corrected chi connectivity index (χ3v) is 5.87. The van der Waals surface area contributed by atoms with Gasteiger partial charge in [0.15, 0.2) is 40.7 Å². The van der Waals surface area contributed by atoms with Gasteiger partial charge in [0, 0.05) is 22.3 Å². The van der Waals surface area contributed by atoms with Crippen molar-refractivity contribution in [2.45, 2.75) is 0 Å². The van der Waals surface area contributed by atoms with Gasteiger partial charge in [-0.1, -0.05) is 60.7 Å². The average Bonchev–Trinajstić information content (AvgIpc) is 3.19. The molecule has 1 aliphatic rings. The van der Waals surface area contributed by atoms with E-state index in [0.29, 0.717) is 35.4 Å². The maximum Gasteiger partial charge on any atom is 0.195 e. The fraction of sp³-hybridized carbons (Fsp3) is 0. The molecule has 4 aromatic rings. The van der Waals surface area contributed by atoms with Crippen LogP contribution in [0.2, 0.25) is 0 Å². The van der Waals surface area contributed by atoms with Crippen LogP contribution in [0.15, 0.2) is 84.9 Å². The van der Waals surface area contributed by atoms with E-state index in [9.17, 15) is 31.1 Å². The second kappa shape index (κ2) is 9.00. The van der Waals surface area contributed by atoms with Crippen LogP contribution in [0.4, 0.5) is 26.3 Å². The van der Waals surface area contributed by atoms with Gasteiger partial charge in [-0.2, -0.15) is 0 Å². The number of Topliss-reactive ketones (excluding diaryl/α,β-unsaturated/α-hetero) is 1. The van der Waals surface area contributed by atoms with Gasteiger partial charge in [-0.25, -0.2) is 26.3 Å². The highest BCUT2D eigenvalue weighted by molar-refractivity contribution is 6.59. The van der Waals surface area contributed by atoms with Crippen molar-refractivity contribution in [2.75, 3.05) is 0 Å². The molecule has 1 aliphatic carbocycles. The Balaban J connectivity index is 1.94. The van der Waals surface area contributed by atoms with E-state index in [-0.39, 0.29) is 33.4 Å². The van der Waals surface area contributed by atoms with Crippen LogP contribution < -0.4 is 0 Å². The van der Waals surface area contributed by atoms with E-state index in [2.05, 4.69) is 0 Å². The Morgan fingerprint density at radius 3 is 1.00 bits per heavy atom. The van der Waals surface area contributed by atoms with Crippen molar-refractivity contribution in [3.8, 4) is 0 Å². The van der Waals surface area contributed by atoms with Crippen molar-refractivity contribution in [1.82, 2.24) is 0 Å². The van der Waals surface area contributed by atoms with Crippen molar-refractivity contribution in [1.29, 1.82) is 0 Å². The molecule has 178 valence electrons. The molecule has 0 heterocycles. The Hall–Kier alpha value is -4.39. The molecule has 0 aliphatic heterocycles. The van der Waals surface area contributed by atoms with Crippen LogP contribution in [-0.2, 0) is 4.79 Å². The number of halogens is 6. The summed E-state index contributed by atoms with van der Waals surface area (Å²) < 4.78 is 85.0. The molecular weight excluding hydrogens is 478 g/mol. The number of carbonyl (C=O) groups is 1. The van der Waals surface area contributed by atoms with Gasteiger partial charge in [-0.15, -0.1) is 0 Å². The van der Waals surface area contributed by atoms with Gasteiger partial charge < -0.3 is 0 Å². The lowest BCUT2D eigenvalue weighted by Gasteiger charge is -2.15. The van der Waals surface area contributed by atoms with Crippen LogP contribution in [0.25, 0.3) is 22.3 Å². The molecule has 0 unspecified atom stereocenters. The number of allylic oxidation sites excluding steroid dienone is 4. The first-order valence-electron chi connectivity index (χ1n) is 10.7. The van der Waals surface area contributed by atoms with Gasteiger partial charge in [0.05, 0.1) is 0 Å². The summed E-state index contributed by atoms with van der Waals surface area (Å²) in [7, 11) is 0. The number of ketones is 1. The lowest BCUT2D eigenvalue weighted by Crippen LogP contribution is -2.02. The van der Waals surface area contributed by atoms with E-state index in [1.54, 1.807) is 60.7 Å². The molecule has 0 spiro atoms. The van der Waals surface area contributed by atoms with Crippen LogP contribution in [0, 0.1) is 34.9 Å². The molecule has 0 fully saturated rings. The van der Waals surface area contributed by atoms with Crippen LogP contribution >= 0.6 is 0 Å². The fourth-order valence-corrected chi connectivity index (χ4v) is 4.34. The van der Waals surface area contributed by atoms with Crippen molar-refractivity contribution < 1.29 is 31.1 Å². The first-order chi connectivity index (χ1) is 17.3. The second-order valence-electron chi connectivity index (χ2n) is 8.07. The average molecular weight is 492 g/mol. The summed E-state index contributed by atoms with van der Waals surface area (Å²) in [5.74, 6) is -10.1. The zero-order valence-electron chi connectivity index (χ0n) is 18.3. The number of hydrogen-bond acceptors (Lipinski definition) is 1. The maximum absolute atomic E-state index is 14.3. The van der Waals surface area contributed by atoms with E-state index >= 15 is 0 Å². The minimum Gasteiger partial charge on any atom is -0.289 e. The van der Waals surface area contributed by atoms with Crippen LogP contribution in [0.3, 0.4) is 0 Å². The monoisotopic (exact) mass is 492 g/mol. The molecule has 0 amide bonds. The predicted molar refractivity (Wildman–Crippen MR) is 124 cm³/mol. The van der Waals surface area contributed by atoms with E-state index in [1.165, 1.54) is 0 Å². The summed E-state index contributed by atoms with van der Waals surface area (Å²) in [5, 5.41) is 0. The molecule has 0 saturated heterocycles. The Morgan fingerprint density at radius 1 is 0.389 bits per heavy atom. The third kappa shape index (κ3) is 3.82. The largest absolute Gasteiger partial charge is 0.289 e. The van der Waals surface area contributed by atoms with E-state index in [0.717, 1.165) is 0 Å². The SMILES string of the molecule is O=C1C(c2ccccc2)=C(c2cc(F)c(F)c(F)c2)C(c2cc(F)c(F)c(F)c2)=C1c1ccccc1. The molecule has 36 heavy (non-hydrogen) atoms. The van der Waals surface area contributed by atoms with Gasteiger partial charge >= 0.3 is 0 Å². The van der Waals surface area contributed by atoms with E-state index in [1.807, 2.05) is 0 Å². The smallest absolute Gasteiger partial charge is 0.195 e. The Labute approximate surface area is 201 Å². The van der Waals surface area contributed by atoms with Crippen LogP contribution in [-0.4, -0.2) is 5.78 Å². The van der Waals surface area contributed by atoms with Gasteiger partial charge in [0.1, 0.15) is 0 Å². The number of hydrogen-bond donors (Lipinski definition) is 0. The van der Waals surface area contributed by atoms with Crippen molar-refractivity contribution >= 4 is 28.1 Å². The molecule has 0 saturated carbocycles. The first kappa shape index (κ1) is 23.4. The highest BCUT2D eigenvalue weighted by Gasteiger charge is 2.36. The van der Waals surface area contributed by atoms with Gasteiger partial charge in [0.2, 0.25) is 0 Å². The summed E-state index contributed by atoms with van der Waals surface area (Å²) in [6, 6.07) is 19.1. The summed E-state index contributed by atoms with van der Waals surface area (Å²) in [4.78, 5) is 13.9. The first-order valence-corrected chi connectivity index (χ1v) is 10.7. The fourth-order valence-electron chi connectivity index (χ4n) is 4.34. The standard InChI is InChI=1S/C29H14F6O/c30-19-11-17(12-20(31)27(19)34)23-24(18-13-21(32)28(35)22(33)14-18)26(16-9-5-2-6-10-16)29(36)25(23)15-7-3-1-4-8-15/h1-14H. The number of benzene rings is 4. The summed E-state index contributed by atoms with van der Waals surface area (Å²) in [6.45, 7) is 0. The molecule has 7 heteroatoms. The normalized spacial score (nSPS) is 13.7. The van der Waals surface area contributed by atoms with E-state index in [4.69, 9.17) is 0 Å². The highest BCUT2D eigenvalue weighted by atomic mass is 19.2. The third-order valence-electron chi connectivity index (χ3n) is 5.87. The minimum absolute atomic E-state index is 0.0139. The van der Waals surface area contributed by atoms with Gasteiger partial charge in [-0.05, 0) is 46.5 Å². The maximum atomic E-state index is 14.3. The lowest BCUT2D eigenvalue weighted by molar-refractivity contribution is -0.108. The Kier molecular flexibility index (Phi) is 5.84. The molecular formula is C29H14F6O. The van der Waals surface area contributed by atoms with E-state index < -0.39 is 40.7 Å². The quantitative estimate of drug-likeness (QED) is 0.212. The van der Waals surface area contributed by atoms with Crippen LogP contribution in [0.5, 0.6) is 0 Å². The highest BCUT2D eigenvalue weighted by Crippen LogP contribution is 2.50. The van der Waals surface area contributed by atoms with Crippen molar-refractivity contribution in [3.63, 3.8) is 0 Å². The second-order valence-corrected chi connectivity index (χ2v) is 8.07.